The fraction of sp³-hybridized carbons (Fsp3) is 0.407. The van der Waals surface area contributed by atoms with Gasteiger partial charge >= 0.3 is 6.09 Å². The lowest BCUT2D eigenvalue weighted by atomic mass is 10.1. The Morgan fingerprint density at radius 2 is 1.78 bits per heavy atom. The van der Waals surface area contributed by atoms with Crippen molar-refractivity contribution in [2.75, 3.05) is 18.4 Å². The lowest BCUT2D eigenvalue weighted by Crippen LogP contribution is -2.42. The Labute approximate surface area is 211 Å². The van der Waals surface area contributed by atoms with Gasteiger partial charge in [0.25, 0.3) is 0 Å². The molecular weight excluding hydrogens is 458 g/mol. The number of nitrogens with one attached hydrogen (secondary N) is 1. The summed E-state index contributed by atoms with van der Waals surface area (Å²) in [5.41, 5.74) is 2.64. The van der Waals surface area contributed by atoms with Crippen LogP contribution in [0.2, 0.25) is 0 Å². The lowest BCUT2D eigenvalue weighted by molar-refractivity contribution is 0.0505. The Hall–Kier alpha value is -3.88. The van der Waals surface area contributed by atoms with Crippen molar-refractivity contribution in [3.8, 4) is 17.5 Å². The summed E-state index contributed by atoms with van der Waals surface area (Å²) in [5.74, 6) is 2.29. The number of hydrogen-bond donors (Lipinski definition) is 1. The molecule has 0 aliphatic carbocycles. The van der Waals surface area contributed by atoms with Crippen LogP contribution in [0, 0.1) is 13.8 Å². The van der Waals surface area contributed by atoms with Crippen LogP contribution >= 0.6 is 0 Å². The average Bonchev–Trinajstić information content (AvgIpc) is 2.87. The number of benzene rings is 1. The molecule has 3 heterocycles. The van der Waals surface area contributed by atoms with Gasteiger partial charge in [0.1, 0.15) is 18.2 Å². The first-order chi connectivity index (χ1) is 17.4. The van der Waals surface area contributed by atoms with Crippen LogP contribution in [0.1, 0.15) is 43.5 Å². The summed E-state index contributed by atoms with van der Waals surface area (Å²) in [5, 5.41) is 3.33. The number of hydrogen-bond acceptors (Lipinski definition) is 8. The van der Waals surface area contributed by atoms with E-state index >= 15 is 0 Å². The molecule has 9 nitrogen and oxygen atoms in total. The quantitative estimate of drug-likeness (QED) is 0.454. The highest BCUT2D eigenvalue weighted by atomic mass is 16.6. The van der Waals surface area contributed by atoms with Crippen LogP contribution in [0.25, 0.3) is 0 Å². The van der Waals surface area contributed by atoms with Crippen molar-refractivity contribution in [1.82, 2.24) is 19.9 Å². The summed E-state index contributed by atoms with van der Waals surface area (Å²) in [6.45, 7) is 9.32. The van der Waals surface area contributed by atoms with Crippen molar-refractivity contribution in [2.24, 2.45) is 0 Å². The molecule has 1 aliphatic rings. The number of rotatable bonds is 8. The number of ether oxygens (including phenoxy) is 3. The molecule has 0 atom stereocenters. The van der Waals surface area contributed by atoms with Gasteiger partial charge in [0.2, 0.25) is 11.8 Å². The van der Waals surface area contributed by atoms with Crippen molar-refractivity contribution < 1.29 is 19.0 Å². The summed E-state index contributed by atoms with van der Waals surface area (Å²) in [6, 6.07) is 13.9. The van der Waals surface area contributed by atoms with Gasteiger partial charge in [0.05, 0.1) is 17.4 Å². The van der Waals surface area contributed by atoms with Crippen LogP contribution in [-0.2, 0) is 11.3 Å². The fourth-order valence-electron chi connectivity index (χ4n) is 3.88. The fourth-order valence-corrected chi connectivity index (χ4v) is 3.88. The summed E-state index contributed by atoms with van der Waals surface area (Å²) in [7, 11) is 0. The molecule has 4 rings (SSSR count). The van der Waals surface area contributed by atoms with Crippen molar-refractivity contribution >= 4 is 11.9 Å². The SMILES string of the molecule is Cc1nc(NCc2ccccc2)ccc1Oc1ncnc(OC2CCN(C(=O)OC(C)C)CC2)c1C. The number of aromatic nitrogens is 3. The van der Waals surface area contributed by atoms with E-state index in [1.807, 2.05) is 58.0 Å². The number of amides is 1. The van der Waals surface area contributed by atoms with Gasteiger partial charge in [0, 0.05) is 32.5 Å². The van der Waals surface area contributed by atoms with Crippen molar-refractivity contribution in [1.29, 1.82) is 0 Å². The standard InChI is InChI=1S/C27H33N5O4/c1-18(2)34-27(33)32-14-12-22(13-15-32)35-25-19(3)26(30-17-29-25)36-23-10-11-24(31-20(23)4)28-16-21-8-6-5-7-9-21/h5-11,17-18,22H,12-16H2,1-4H3,(H,28,31). The second kappa shape index (κ2) is 11.7. The van der Waals surface area contributed by atoms with Crippen LogP contribution < -0.4 is 14.8 Å². The third kappa shape index (κ3) is 6.62. The Balaban J connectivity index is 1.35. The zero-order chi connectivity index (χ0) is 25.5. The molecule has 1 fully saturated rings. The van der Waals surface area contributed by atoms with Gasteiger partial charge in [0.15, 0.2) is 5.75 Å². The zero-order valence-corrected chi connectivity index (χ0v) is 21.2. The molecule has 1 N–H and O–H groups in total. The number of anilines is 1. The second-order valence-electron chi connectivity index (χ2n) is 9.07. The van der Waals surface area contributed by atoms with E-state index < -0.39 is 0 Å². The molecule has 0 spiro atoms. The highest BCUT2D eigenvalue weighted by molar-refractivity contribution is 5.67. The van der Waals surface area contributed by atoms with Gasteiger partial charge in [-0.2, -0.15) is 0 Å². The Morgan fingerprint density at radius 1 is 1.06 bits per heavy atom. The van der Waals surface area contributed by atoms with E-state index in [1.54, 1.807) is 4.90 Å². The van der Waals surface area contributed by atoms with E-state index in [4.69, 9.17) is 14.2 Å². The highest BCUT2D eigenvalue weighted by Crippen LogP contribution is 2.30. The molecule has 1 saturated heterocycles. The van der Waals surface area contributed by atoms with Crippen molar-refractivity contribution in [2.45, 2.75) is 59.3 Å². The Bertz CT molecular complexity index is 1160. The molecule has 0 bridgehead atoms. The van der Waals surface area contributed by atoms with Crippen molar-refractivity contribution in [3.63, 3.8) is 0 Å². The number of piperidine rings is 1. The molecule has 1 amide bonds. The summed E-state index contributed by atoms with van der Waals surface area (Å²) in [6.07, 6.45) is 2.39. The second-order valence-corrected chi connectivity index (χ2v) is 9.07. The van der Waals surface area contributed by atoms with Gasteiger partial charge in [-0.25, -0.2) is 19.7 Å². The highest BCUT2D eigenvalue weighted by Gasteiger charge is 2.26. The van der Waals surface area contributed by atoms with E-state index in [2.05, 4.69) is 32.4 Å². The van der Waals surface area contributed by atoms with E-state index in [0.717, 1.165) is 11.5 Å². The van der Waals surface area contributed by atoms with Crippen LogP contribution in [0.3, 0.4) is 0 Å². The van der Waals surface area contributed by atoms with Gasteiger partial charge in [-0.3, -0.25) is 0 Å². The topological polar surface area (TPSA) is 98.7 Å². The van der Waals surface area contributed by atoms with E-state index in [1.165, 1.54) is 11.9 Å². The first-order valence-electron chi connectivity index (χ1n) is 12.3. The lowest BCUT2D eigenvalue weighted by Gasteiger charge is -2.31. The minimum Gasteiger partial charge on any atom is -0.474 e. The third-order valence-corrected chi connectivity index (χ3v) is 5.87. The number of pyridine rings is 1. The number of nitrogens with zero attached hydrogens (tertiary/aromatic N) is 4. The minimum atomic E-state index is -0.275. The van der Waals surface area contributed by atoms with Gasteiger partial charge in [-0.1, -0.05) is 30.3 Å². The summed E-state index contributed by atoms with van der Waals surface area (Å²) in [4.78, 5) is 27.1. The normalized spacial score (nSPS) is 14.0. The van der Waals surface area contributed by atoms with Crippen LogP contribution in [0.15, 0.2) is 48.8 Å². The predicted octanol–water partition coefficient (Wildman–Crippen LogP) is 5.28. The van der Waals surface area contributed by atoms with E-state index in [0.29, 0.717) is 55.5 Å². The Kier molecular flexibility index (Phi) is 8.20. The van der Waals surface area contributed by atoms with Crippen molar-refractivity contribution in [3.05, 3.63) is 65.6 Å². The van der Waals surface area contributed by atoms with Crippen LogP contribution in [0.4, 0.5) is 10.6 Å². The van der Waals surface area contributed by atoms with Crippen LogP contribution in [-0.4, -0.2) is 51.2 Å². The monoisotopic (exact) mass is 491 g/mol. The Morgan fingerprint density at radius 3 is 2.47 bits per heavy atom. The largest absolute Gasteiger partial charge is 0.474 e. The number of likely N-dealkylation sites (tertiary alicyclic amines) is 1. The first kappa shape index (κ1) is 25.2. The summed E-state index contributed by atoms with van der Waals surface area (Å²) >= 11 is 0. The van der Waals surface area contributed by atoms with E-state index in [-0.39, 0.29) is 18.3 Å². The third-order valence-electron chi connectivity index (χ3n) is 5.87. The molecule has 0 saturated carbocycles. The number of carbonyl (C=O) groups is 1. The van der Waals surface area contributed by atoms with Crippen LogP contribution in [0.5, 0.6) is 17.5 Å². The smallest absolute Gasteiger partial charge is 0.410 e. The molecule has 3 aromatic rings. The molecular formula is C27H33N5O4. The number of carbonyl (C=O) groups excluding carboxylic acids is 1. The maximum Gasteiger partial charge on any atom is 0.410 e. The molecule has 0 radical (unpaired) electrons. The first-order valence-corrected chi connectivity index (χ1v) is 12.3. The molecule has 36 heavy (non-hydrogen) atoms. The summed E-state index contributed by atoms with van der Waals surface area (Å²) < 4.78 is 17.5. The van der Waals surface area contributed by atoms with E-state index in [9.17, 15) is 4.79 Å². The molecule has 2 aromatic heterocycles. The minimum absolute atomic E-state index is 0.0482. The zero-order valence-electron chi connectivity index (χ0n) is 21.2. The molecule has 9 heteroatoms. The molecule has 0 unspecified atom stereocenters. The predicted molar refractivity (Wildman–Crippen MR) is 136 cm³/mol. The van der Waals surface area contributed by atoms with Gasteiger partial charge in [-0.05, 0) is 45.4 Å². The van der Waals surface area contributed by atoms with Gasteiger partial charge in [-0.15, -0.1) is 0 Å². The molecule has 190 valence electrons. The number of aryl methyl sites for hydroxylation is 1. The maximum absolute atomic E-state index is 12.1. The van der Waals surface area contributed by atoms with Gasteiger partial charge < -0.3 is 24.4 Å². The maximum atomic E-state index is 12.1. The average molecular weight is 492 g/mol. The molecule has 1 aromatic carbocycles. The molecule has 1 aliphatic heterocycles.